The minimum Gasteiger partial charge on any atom is -0.506 e. The molecule has 1 N–H and O–H groups in total. The van der Waals surface area contributed by atoms with Crippen LogP contribution in [0.2, 0.25) is 0 Å². The molecular weight excluding hydrogens is 242 g/mol. The predicted molar refractivity (Wildman–Crippen MR) is 74.2 cm³/mol. The van der Waals surface area contributed by atoms with Crippen molar-refractivity contribution in [1.82, 2.24) is 9.88 Å². The van der Waals surface area contributed by atoms with Crippen molar-refractivity contribution in [2.45, 2.75) is 26.2 Å². The average molecular weight is 263 g/mol. The van der Waals surface area contributed by atoms with Gasteiger partial charge in [0.25, 0.3) is 0 Å². The zero-order valence-electron chi connectivity index (χ0n) is 11.4. The van der Waals surface area contributed by atoms with Crippen LogP contribution in [0.5, 0.6) is 5.75 Å². The molecule has 0 atom stereocenters. The van der Waals surface area contributed by atoms with Crippen LogP contribution in [0, 0.1) is 0 Å². The SMILES string of the molecule is CCCCC(=O)N1CCN(c2ccc(O)cn2)CC1. The highest BCUT2D eigenvalue weighted by Crippen LogP contribution is 2.16. The minimum atomic E-state index is 0.178. The van der Waals surface area contributed by atoms with Crippen molar-refractivity contribution in [2.75, 3.05) is 31.1 Å². The number of aromatic hydroxyl groups is 1. The molecule has 1 fully saturated rings. The highest BCUT2D eigenvalue weighted by atomic mass is 16.3. The van der Waals surface area contributed by atoms with Gasteiger partial charge in [0.1, 0.15) is 11.6 Å². The summed E-state index contributed by atoms with van der Waals surface area (Å²) in [6, 6.07) is 3.45. The molecule has 1 aromatic rings. The number of hydrogen-bond acceptors (Lipinski definition) is 4. The quantitative estimate of drug-likeness (QED) is 0.897. The van der Waals surface area contributed by atoms with Crippen LogP contribution in [0.3, 0.4) is 0 Å². The maximum absolute atomic E-state index is 11.9. The standard InChI is InChI=1S/C14H21N3O2/c1-2-3-4-14(19)17-9-7-16(8-10-17)13-6-5-12(18)11-15-13/h5-6,11,18H,2-4,7-10H2,1H3. The van der Waals surface area contributed by atoms with E-state index in [-0.39, 0.29) is 11.7 Å². The van der Waals surface area contributed by atoms with Crippen LogP contribution in [0.15, 0.2) is 18.3 Å². The van der Waals surface area contributed by atoms with Gasteiger partial charge in [0.05, 0.1) is 6.20 Å². The lowest BCUT2D eigenvalue weighted by atomic mass is 10.2. The van der Waals surface area contributed by atoms with Crippen molar-refractivity contribution in [1.29, 1.82) is 0 Å². The van der Waals surface area contributed by atoms with Gasteiger partial charge in [0.15, 0.2) is 0 Å². The number of anilines is 1. The number of aromatic nitrogens is 1. The topological polar surface area (TPSA) is 56.7 Å². The summed E-state index contributed by atoms with van der Waals surface area (Å²) in [5.74, 6) is 1.30. The Bertz CT molecular complexity index is 411. The van der Waals surface area contributed by atoms with E-state index in [9.17, 15) is 9.90 Å². The smallest absolute Gasteiger partial charge is 0.222 e. The number of rotatable bonds is 4. The molecule has 0 spiro atoms. The number of pyridine rings is 1. The Kier molecular flexibility index (Phi) is 4.60. The second kappa shape index (κ2) is 6.41. The van der Waals surface area contributed by atoms with Gasteiger partial charge in [-0.25, -0.2) is 4.98 Å². The Labute approximate surface area is 113 Å². The van der Waals surface area contributed by atoms with Gasteiger partial charge in [-0.2, -0.15) is 0 Å². The van der Waals surface area contributed by atoms with Crippen LogP contribution in [-0.2, 0) is 4.79 Å². The molecule has 1 amide bonds. The Morgan fingerprint density at radius 2 is 2.05 bits per heavy atom. The first-order chi connectivity index (χ1) is 9.20. The minimum absolute atomic E-state index is 0.178. The lowest BCUT2D eigenvalue weighted by Crippen LogP contribution is -2.49. The third kappa shape index (κ3) is 3.59. The van der Waals surface area contributed by atoms with Gasteiger partial charge in [-0.05, 0) is 18.6 Å². The molecule has 5 heteroatoms. The summed E-state index contributed by atoms with van der Waals surface area (Å²) in [6.07, 6.45) is 4.14. The molecule has 5 nitrogen and oxygen atoms in total. The molecule has 0 unspecified atom stereocenters. The summed E-state index contributed by atoms with van der Waals surface area (Å²) in [5, 5.41) is 9.22. The van der Waals surface area contributed by atoms with Crippen LogP contribution in [0.1, 0.15) is 26.2 Å². The third-order valence-corrected chi connectivity index (χ3v) is 3.43. The molecule has 0 bridgehead atoms. The fourth-order valence-electron chi connectivity index (χ4n) is 2.24. The summed E-state index contributed by atoms with van der Waals surface area (Å²) in [4.78, 5) is 20.2. The predicted octanol–water partition coefficient (Wildman–Crippen LogP) is 1.63. The molecule has 0 aliphatic carbocycles. The second-order valence-corrected chi connectivity index (χ2v) is 4.85. The fourth-order valence-corrected chi connectivity index (χ4v) is 2.24. The summed E-state index contributed by atoms with van der Waals surface area (Å²) in [5.41, 5.74) is 0. The van der Waals surface area contributed by atoms with E-state index in [1.165, 1.54) is 6.20 Å². The van der Waals surface area contributed by atoms with E-state index >= 15 is 0 Å². The van der Waals surface area contributed by atoms with Crippen molar-refractivity contribution in [2.24, 2.45) is 0 Å². The molecule has 1 aliphatic heterocycles. The van der Waals surface area contributed by atoms with E-state index in [1.54, 1.807) is 6.07 Å². The van der Waals surface area contributed by atoms with E-state index in [4.69, 9.17) is 0 Å². The van der Waals surface area contributed by atoms with Gasteiger partial charge in [-0.3, -0.25) is 4.79 Å². The molecular formula is C14H21N3O2. The molecule has 0 saturated carbocycles. The van der Waals surface area contributed by atoms with Gasteiger partial charge in [-0.15, -0.1) is 0 Å². The van der Waals surface area contributed by atoms with Crippen molar-refractivity contribution in [3.63, 3.8) is 0 Å². The van der Waals surface area contributed by atoms with E-state index < -0.39 is 0 Å². The first-order valence-corrected chi connectivity index (χ1v) is 6.88. The molecule has 1 aliphatic rings. The lowest BCUT2D eigenvalue weighted by Gasteiger charge is -2.35. The molecule has 1 aromatic heterocycles. The highest BCUT2D eigenvalue weighted by Gasteiger charge is 2.21. The Hall–Kier alpha value is -1.78. The number of unbranched alkanes of at least 4 members (excludes halogenated alkanes) is 1. The van der Waals surface area contributed by atoms with Crippen molar-refractivity contribution < 1.29 is 9.90 Å². The van der Waals surface area contributed by atoms with Crippen molar-refractivity contribution in [3.05, 3.63) is 18.3 Å². The lowest BCUT2D eigenvalue weighted by molar-refractivity contribution is -0.131. The molecule has 0 aromatic carbocycles. The third-order valence-electron chi connectivity index (χ3n) is 3.43. The second-order valence-electron chi connectivity index (χ2n) is 4.85. The number of carbonyl (C=O) groups excluding carboxylic acids is 1. The van der Waals surface area contributed by atoms with Crippen LogP contribution in [0.4, 0.5) is 5.82 Å². The highest BCUT2D eigenvalue weighted by molar-refractivity contribution is 5.76. The summed E-state index contributed by atoms with van der Waals surface area (Å²) >= 11 is 0. The van der Waals surface area contributed by atoms with Gasteiger partial charge < -0.3 is 14.9 Å². The Morgan fingerprint density at radius 1 is 1.32 bits per heavy atom. The van der Waals surface area contributed by atoms with E-state index in [2.05, 4.69) is 16.8 Å². The Balaban J connectivity index is 1.85. The van der Waals surface area contributed by atoms with Gasteiger partial charge in [0, 0.05) is 32.6 Å². The van der Waals surface area contributed by atoms with Crippen molar-refractivity contribution >= 4 is 11.7 Å². The van der Waals surface area contributed by atoms with Crippen LogP contribution < -0.4 is 4.90 Å². The molecule has 2 heterocycles. The first-order valence-electron chi connectivity index (χ1n) is 6.88. The normalized spacial score (nSPS) is 15.6. The Morgan fingerprint density at radius 3 is 2.63 bits per heavy atom. The number of amides is 1. The number of piperazine rings is 1. The number of carbonyl (C=O) groups is 1. The molecule has 1 saturated heterocycles. The molecule has 104 valence electrons. The van der Waals surface area contributed by atoms with Gasteiger partial charge >= 0.3 is 0 Å². The molecule has 2 rings (SSSR count). The summed E-state index contributed by atoms with van der Waals surface area (Å²) < 4.78 is 0. The van der Waals surface area contributed by atoms with E-state index in [1.807, 2.05) is 11.0 Å². The maximum Gasteiger partial charge on any atom is 0.222 e. The summed E-state index contributed by atoms with van der Waals surface area (Å²) in [7, 11) is 0. The van der Waals surface area contributed by atoms with Crippen LogP contribution in [-0.4, -0.2) is 47.1 Å². The largest absolute Gasteiger partial charge is 0.506 e. The fraction of sp³-hybridized carbons (Fsp3) is 0.571. The van der Waals surface area contributed by atoms with Crippen LogP contribution >= 0.6 is 0 Å². The van der Waals surface area contributed by atoms with E-state index in [0.29, 0.717) is 6.42 Å². The maximum atomic E-state index is 11.9. The molecule has 19 heavy (non-hydrogen) atoms. The first kappa shape index (κ1) is 13.6. The zero-order chi connectivity index (χ0) is 13.7. The summed E-state index contributed by atoms with van der Waals surface area (Å²) in [6.45, 7) is 5.21. The van der Waals surface area contributed by atoms with Crippen LogP contribution in [0.25, 0.3) is 0 Å². The number of hydrogen-bond donors (Lipinski definition) is 1. The van der Waals surface area contributed by atoms with Gasteiger partial charge in [-0.1, -0.05) is 13.3 Å². The number of nitrogens with zero attached hydrogens (tertiary/aromatic N) is 3. The van der Waals surface area contributed by atoms with Gasteiger partial charge in [0.2, 0.25) is 5.91 Å². The zero-order valence-corrected chi connectivity index (χ0v) is 11.4. The van der Waals surface area contributed by atoms with Crippen molar-refractivity contribution in [3.8, 4) is 5.75 Å². The van der Waals surface area contributed by atoms with E-state index in [0.717, 1.165) is 44.8 Å². The molecule has 0 radical (unpaired) electrons. The average Bonchev–Trinajstić information content (AvgIpc) is 2.46. The monoisotopic (exact) mass is 263 g/mol.